The summed E-state index contributed by atoms with van der Waals surface area (Å²) in [4.78, 5) is 46.7. The molecular formula is C40H29F8N6O10-. The van der Waals surface area contributed by atoms with E-state index < -0.39 is 70.4 Å². The van der Waals surface area contributed by atoms with Crippen LogP contribution < -0.4 is 18.9 Å². The predicted octanol–water partition coefficient (Wildman–Crippen LogP) is 4.75. The molecule has 24 heteroatoms. The van der Waals surface area contributed by atoms with E-state index >= 15 is 0 Å². The van der Waals surface area contributed by atoms with Crippen LogP contribution in [0.4, 0.5) is 30.7 Å². The number of benzene rings is 4. The molecule has 0 saturated heterocycles. The van der Waals surface area contributed by atoms with Crippen molar-refractivity contribution in [2.75, 3.05) is 28.4 Å². The molecule has 4 aromatic carbocycles. The molecule has 0 atom stereocenters. The molecule has 6 rings (SSSR count). The van der Waals surface area contributed by atoms with Gasteiger partial charge in [-0.3, -0.25) is 0 Å². The van der Waals surface area contributed by atoms with Crippen LogP contribution in [0.3, 0.4) is 0 Å². The van der Waals surface area contributed by atoms with Crippen molar-refractivity contribution in [1.29, 1.82) is 0 Å². The van der Waals surface area contributed by atoms with Crippen LogP contribution in [0.5, 0.6) is 40.6 Å². The maximum absolute atomic E-state index is 14.8. The summed E-state index contributed by atoms with van der Waals surface area (Å²) >= 11 is 0. The third kappa shape index (κ3) is 13.8. The van der Waals surface area contributed by atoms with Crippen molar-refractivity contribution in [3.05, 3.63) is 150 Å². The van der Waals surface area contributed by atoms with Gasteiger partial charge < -0.3 is 43.2 Å². The largest absolute Gasteiger partial charge is 1.00 e. The molecule has 2 aromatic heterocycles. The summed E-state index contributed by atoms with van der Waals surface area (Å²) < 4.78 is 119. The number of hydrogen-bond donors (Lipinski definition) is 1. The van der Waals surface area contributed by atoms with Crippen LogP contribution in [-0.4, -0.2) is 76.8 Å². The molecule has 0 aliphatic rings. The molecule has 336 valence electrons. The number of rotatable bonds is 12. The van der Waals surface area contributed by atoms with E-state index in [9.17, 15) is 40.3 Å². The molecule has 0 aliphatic heterocycles. The lowest BCUT2D eigenvalue weighted by atomic mass is 10.1. The van der Waals surface area contributed by atoms with Gasteiger partial charge in [-0.25, -0.2) is 32.1 Å². The number of nitrogens with zero attached hydrogens (tertiary/aromatic N) is 6. The average molecular weight is 906 g/mol. The molecule has 0 amide bonds. The first kappa shape index (κ1) is 49.9. The number of phenolic OH excluding ortho intramolecular Hbond substituents is 1. The highest BCUT2D eigenvalue weighted by Crippen LogP contribution is 2.33. The minimum absolute atomic E-state index is 0. The van der Waals surface area contributed by atoms with Crippen molar-refractivity contribution in [3.63, 3.8) is 0 Å². The molecule has 0 fully saturated rings. The van der Waals surface area contributed by atoms with Gasteiger partial charge >= 0.3 is 11.9 Å². The van der Waals surface area contributed by atoms with Crippen LogP contribution in [0.2, 0.25) is 0 Å². The van der Waals surface area contributed by atoms with Gasteiger partial charge in [-0.1, -0.05) is 22.4 Å². The summed E-state index contributed by atoms with van der Waals surface area (Å²) in [5.74, 6) is -11.1. The summed E-state index contributed by atoms with van der Waals surface area (Å²) in [5, 5.41) is 15.6. The fourth-order valence-electron chi connectivity index (χ4n) is 4.53. The molecule has 16 nitrogen and oxygen atoms in total. The highest BCUT2D eigenvalue weighted by Gasteiger charge is 2.25. The molecule has 2 heterocycles. The zero-order chi connectivity index (χ0) is 46.1. The van der Waals surface area contributed by atoms with E-state index in [-0.39, 0.29) is 50.3 Å². The van der Waals surface area contributed by atoms with Gasteiger partial charge in [0.1, 0.15) is 73.1 Å². The van der Waals surface area contributed by atoms with E-state index in [1.165, 1.54) is 56.7 Å². The van der Waals surface area contributed by atoms with Crippen molar-refractivity contribution in [3.8, 4) is 40.6 Å². The second kappa shape index (κ2) is 24.1. The molecule has 0 bridgehead atoms. The molecule has 0 spiro atoms. The lowest BCUT2D eigenvalue weighted by Gasteiger charge is -2.13. The van der Waals surface area contributed by atoms with Gasteiger partial charge in [0.05, 0.1) is 25.3 Å². The Labute approximate surface area is 355 Å². The first-order chi connectivity index (χ1) is 30.2. The molecule has 0 aliphatic carbocycles. The smallest absolute Gasteiger partial charge is 0.360 e. The number of carbonyl (C=O) groups is 2. The zero-order valence-corrected chi connectivity index (χ0v) is 33.1. The Morgan fingerprint density at radius 1 is 0.531 bits per heavy atom. The van der Waals surface area contributed by atoms with E-state index in [0.717, 1.165) is 69.3 Å². The van der Waals surface area contributed by atoms with Gasteiger partial charge in [0.15, 0.2) is 11.4 Å². The Morgan fingerprint density at radius 3 is 1.41 bits per heavy atom. The van der Waals surface area contributed by atoms with Gasteiger partial charge in [0.2, 0.25) is 11.6 Å². The van der Waals surface area contributed by atoms with Crippen LogP contribution >= 0.6 is 0 Å². The molecule has 0 radical (unpaired) electrons. The number of phenols is 1. The Bertz CT molecular complexity index is 2610. The summed E-state index contributed by atoms with van der Waals surface area (Å²) in [6, 6.07) is 16.2. The SMILES string of the molecule is CON=C(C(=O)OC)c1ccc(F)cc1Oc1ncnc(F)c1F.CON=C(C(=O)OC)c1ccc(F)cc1Oc1ncnc(Oc2cccc(F)c2)c1F.Oc1cccc(F)c1.[F-]. The normalized spacial score (nSPS) is 10.7. The number of hydrogen-bond acceptors (Lipinski definition) is 16. The van der Waals surface area contributed by atoms with Gasteiger partial charge in [-0.2, -0.15) is 28.1 Å². The minimum atomic E-state index is -1.48. The molecular weight excluding hydrogens is 876 g/mol. The third-order valence-electron chi connectivity index (χ3n) is 7.19. The van der Waals surface area contributed by atoms with Gasteiger partial charge in [-0.05, 0) is 48.5 Å². The van der Waals surface area contributed by atoms with Crippen LogP contribution in [-0.2, 0) is 28.7 Å². The van der Waals surface area contributed by atoms with E-state index in [1.807, 2.05) is 0 Å². The molecule has 64 heavy (non-hydrogen) atoms. The summed E-state index contributed by atoms with van der Waals surface area (Å²) in [6.45, 7) is 0. The topological polar surface area (TPSA) is 195 Å². The Morgan fingerprint density at radius 2 is 0.969 bits per heavy atom. The number of halogens is 8. The van der Waals surface area contributed by atoms with E-state index in [4.69, 9.17) is 19.3 Å². The quantitative estimate of drug-likeness (QED) is 0.0581. The van der Waals surface area contributed by atoms with Crippen molar-refractivity contribution >= 4 is 23.4 Å². The lowest BCUT2D eigenvalue weighted by Crippen LogP contribution is -3.00. The van der Waals surface area contributed by atoms with Crippen molar-refractivity contribution < 1.29 is 83.5 Å². The first-order valence-corrected chi connectivity index (χ1v) is 17.1. The maximum Gasteiger partial charge on any atom is 0.360 e. The number of aromatic nitrogens is 4. The van der Waals surface area contributed by atoms with Gasteiger partial charge in [0, 0.05) is 24.3 Å². The Balaban J connectivity index is 0.000000292. The highest BCUT2D eigenvalue weighted by atomic mass is 19.2. The number of methoxy groups -OCH3 is 2. The standard InChI is InChI=1S/C20H14F3N3O5.C14H10F3N3O4.C6H5FO.FH/c1-28-20(27)17(26-29-2)14-7-6-12(22)9-15(14)31-19-16(23)18(24-10-25-19)30-13-5-3-4-11(21)8-13;1-22-14(21)11(20-23-2)8-4-3-7(15)5-9(8)24-13-10(16)12(17)18-6-19-13;7-5-2-1-3-6(8)4-5;/h3-10H,1-2H3;3-6H,1-2H3;1-4,8H;1H/p-1. The predicted molar refractivity (Wildman–Crippen MR) is 203 cm³/mol. The summed E-state index contributed by atoms with van der Waals surface area (Å²) in [5.41, 5.74) is -0.861. The monoisotopic (exact) mass is 905 g/mol. The third-order valence-corrected chi connectivity index (χ3v) is 7.19. The van der Waals surface area contributed by atoms with Crippen molar-refractivity contribution in [2.24, 2.45) is 10.3 Å². The maximum atomic E-state index is 14.8. The minimum Gasteiger partial charge on any atom is -1.00 e. The second-order valence-electron chi connectivity index (χ2n) is 11.3. The molecule has 1 N–H and O–H groups in total. The van der Waals surface area contributed by atoms with E-state index in [1.54, 1.807) is 0 Å². The summed E-state index contributed by atoms with van der Waals surface area (Å²) in [6.07, 6.45) is 1.65. The van der Waals surface area contributed by atoms with Crippen molar-refractivity contribution in [2.45, 2.75) is 0 Å². The van der Waals surface area contributed by atoms with Crippen LogP contribution in [0.25, 0.3) is 0 Å². The number of aromatic hydroxyl groups is 1. The summed E-state index contributed by atoms with van der Waals surface area (Å²) in [7, 11) is 4.56. The average Bonchev–Trinajstić information content (AvgIpc) is 3.25. The van der Waals surface area contributed by atoms with Crippen LogP contribution in [0.1, 0.15) is 11.1 Å². The second-order valence-corrected chi connectivity index (χ2v) is 11.3. The highest BCUT2D eigenvalue weighted by molar-refractivity contribution is 6.44. The van der Waals surface area contributed by atoms with Crippen molar-refractivity contribution in [1.82, 2.24) is 19.9 Å². The van der Waals surface area contributed by atoms with Crippen LogP contribution in [0.15, 0.2) is 108 Å². The van der Waals surface area contributed by atoms with E-state index in [0.29, 0.717) is 0 Å². The number of oxime groups is 2. The molecule has 0 saturated carbocycles. The van der Waals surface area contributed by atoms with Crippen LogP contribution in [0, 0.1) is 40.9 Å². The fraction of sp³-hybridized carbons (Fsp3) is 0.100. The first-order valence-electron chi connectivity index (χ1n) is 17.1. The molecule has 6 aromatic rings. The fourth-order valence-corrected chi connectivity index (χ4v) is 4.53. The molecule has 0 unspecified atom stereocenters. The van der Waals surface area contributed by atoms with Gasteiger partial charge in [0.25, 0.3) is 23.6 Å². The number of ether oxygens (including phenoxy) is 5. The Hall–Kier alpha value is -8.44. The Kier molecular flexibility index (Phi) is 18.8. The lowest BCUT2D eigenvalue weighted by molar-refractivity contribution is -0.133. The van der Waals surface area contributed by atoms with E-state index in [2.05, 4.69) is 49.4 Å². The number of carbonyl (C=O) groups excluding carboxylic acids is 2. The van der Waals surface area contributed by atoms with Gasteiger partial charge in [-0.15, -0.1) is 0 Å². The number of esters is 2. The zero-order valence-electron chi connectivity index (χ0n) is 33.1.